The van der Waals surface area contributed by atoms with E-state index in [0.717, 1.165) is 12.2 Å². The second kappa shape index (κ2) is 4.67. The highest BCUT2D eigenvalue weighted by Crippen LogP contribution is 2.11. The molecule has 4 heteroatoms. The summed E-state index contributed by atoms with van der Waals surface area (Å²) in [5, 5.41) is 8.12. The molecule has 0 aliphatic rings. The molecule has 90 valence electrons. The van der Waals surface area contributed by atoms with E-state index in [4.69, 9.17) is 5.73 Å². The van der Waals surface area contributed by atoms with Crippen LogP contribution in [0.3, 0.4) is 0 Å². The molecule has 1 heterocycles. The molecule has 0 fully saturated rings. The Kier molecular flexibility index (Phi) is 3.24. The molecule has 0 radical (unpaired) electrons. The van der Waals surface area contributed by atoms with Crippen molar-refractivity contribution in [2.45, 2.75) is 33.4 Å². The Bertz CT molecular complexity index is 494. The van der Waals surface area contributed by atoms with E-state index in [0.29, 0.717) is 0 Å². The molecular formula is C13H18N4. The van der Waals surface area contributed by atoms with Gasteiger partial charge in [0, 0.05) is 6.04 Å². The molecule has 0 saturated heterocycles. The molecule has 2 N–H and O–H groups in total. The number of hydrogen-bond acceptors (Lipinski definition) is 3. The van der Waals surface area contributed by atoms with Crippen LogP contribution in [0, 0.1) is 13.8 Å². The van der Waals surface area contributed by atoms with Crippen molar-refractivity contribution in [1.82, 2.24) is 15.0 Å². The lowest BCUT2D eigenvalue weighted by atomic mass is 10.1. The zero-order chi connectivity index (χ0) is 12.4. The maximum absolute atomic E-state index is 5.75. The van der Waals surface area contributed by atoms with Gasteiger partial charge >= 0.3 is 0 Å². The topological polar surface area (TPSA) is 56.7 Å². The Balaban J connectivity index is 2.19. The largest absolute Gasteiger partial charge is 0.323 e. The quantitative estimate of drug-likeness (QED) is 0.877. The molecule has 0 saturated carbocycles. The van der Waals surface area contributed by atoms with Crippen LogP contribution in [0.1, 0.15) is 35.3 Å². The van der Waals surface area contributed by atoms with Crippen LogP contribution in [-0.2, 0) is 6.54 Å². The van der Waals surface area contributed by atoms with Gasteiger partial charge in [-0.2, -0.15) is 0 Å². The summed E-state index contributed by atoms with van der Waals surface area (Å²) in [6.45, 7) is 6.85. The Morgan fingerprint density at radius 2 is 1.88 bits per heavy atom. The summed E-state index contributed by atoms with van der Waals surface area (Å²) in [4.78, 5) is 0. The molecular weight excluding hydrogens is 212 g/mol. The van der Waals surface area contributed by atoms with Crippen LogP contribution in [0.4, 0.5) is 0 Å². The van der Waals surface area contributed by atoms with E-state index in [2.05, 4.69) is 42.4 Å². The number of nitrogens with zero attached hydrogens (tertiary/aromatic N) is 3. The van der Waals surface area contributed by atoms with Gasteiger partial charge in [0.25, 0.3) is 0 Å². The zero-order valence-corrected chi connectivity index (χ0v) is 10.5. The Hall–Kier alpha value is -1.68. The highest BCUT2D eigenvalue weighted by atomic mass is 15.4. The lowest BCUT2D eigenvalue weighted by Crippen LogP contribution is -2.05. The first-order valence-electron chi connectivity index (χ1n) is 5.77. The summed E-state index contributed by atoms with van der Waals surface area (Å²) in [5.41, 5.74) is 10.4. The maximum Gasteiger partial charge on any atom is 0.0991 e. The summed E-state index contributed by atoms with van der Waals surface area (Å²) in [6, 6.07) is 6.43. The molecule has 1 aromatic carbocycles. The first kappa shape index (κ1) is 11.8. The van der Waals surface area contributed by atoms with Gasteiger partial charge < -0.3 is 5.73 Å². The molecule has 0 aliphatic heterocycles. The van der Waals surface area contributed by atoms with E-state index < -0.39 is 0 Å². The summed E-state index contributed by atoms with van der Waals surface area (Å²) in [5.74, 6) is 0. The van der Waals surface area contributed by atoms with Gasteiger partial charge in [-0.1, -0.05) is 34.5 Å². The summed E-state index contributed by atoms with van der Waals surface area (Å²) in [7, 11) is 0. The van der Waals surface area contributed by atoms with Gasteiger partial charge in [-0.05, 0) is 26.3 Å². The van der Waals surface area contributed by atoms with Crippen molar-refractivity contribution in [2.75, 3.05) is 0 Å². The minimum absolute atomic E-state index is 0.0667. The van der Waals surface area contributed by atoms with E-state index in [9.17, 15) is 0 Å². The fraction of sp³-hybridized carbons (Fsp3) is 0.385. The molecule has 2 rings (SSSR count). The fourth-order valence-corrected chi connectivity index (χ4v) is 1.95. The molecule has 0 aliphatic carbocycles. The number of hydrogen-bond donors (Lipinski definition) is 1. The molecule has 0 amide bonds. The van der Waals surface area contributed by atoms with Crippen molar-refractivity contribution < 1.29 is 0 Å². The molecule has 1 unspecified atom stereocenters. The second-order valence-corrected chi connectivity index (χ2v) is 4.63. The van der Waals surface area contributed by atoms with Gasteiger partial charge in [0.1, 0.15) is 0 Å². The number of aryl methyl sites for hydroxylation is 2. The molecule has 0 spiro atoms. The van der Waals surface area contributed by atoms with E-state index in [1.807, 2.05) is 17.8 Å². The predicted molar refractivity (Wildman–Crippen MR) is 67.6 cm³/mol. The van der Waals surface area contributed by atoms with Crippen molar-refractivity contribution in [2.24, 2.45) is 5.73 Å². The van der Waals surface area contributed by atoms with Crippen molar-refractivity contribution in [3.05, 3.63) is 46.8 Å². The minimum atomic E-state index is -0.0667. The maximum atomic E-state index is 5.75. The number of nitrogens with two attached hydrogens (primary N) is 1. The third-order valence-corrected chi connectivity index (χ3v) is 2.65. The highest BCUT2D eigenvalue weighted by molar-refractivity contribution is 5.28. The van der Waals surface area contributed by atoms with E-state index in [1.54, 1.807) is 0 Å². The van der Waals surface area contributed by atoms with Crippen molar-refractivity contribution in [3.63, 3.8) is 0 Å². The van der Waals surface area contributed by atoms with Gasteiger partial charge in [0.2, 0.25) is 0 Å². The minimum Gasteiger partial charge on any atom is -0.323 e. The Labute approximate surface area is 101 Å². The summed E-state index contributed by atoms with van der Waals surface area (Å²) in [6.07, 6.45) is 1.91. The Morgan fingerprint density at radius 3 is 2.41 bits per heavy atom. The van der Waals surface area contributed by atoms with Gasteiger partial charge in [0.15, 0.2) is 0 Å². The number of rotatable bonds is 3. The molecule has 0 bridgehead atoms. The lowest BCUT2D eigenvalue weighted by Gasteiger charge is -2.04. The second-order valence-electron chi connectivity index (χ2n) is 4.63. The number of aromatic nitrogens is 3. The number of benzene rings is 1. The van der Waals surface area contributed by atoms with E-state index in [-0.39, 0.29) is 6.04 Å². The standard InChI is InChI=1S/C13H18N4/c1-9-4-10(2)6-12(5-9)7-17-8-13(11(3)14)15-16-17/h4-6,8,11H,7,14H2,1-3H3. The Morgan fingerprint density at radius 1 is 1.24 bits per heavy atom. The first-order valence-corrected chi connectivity index (χ1v) is 5.77. The summed E-state index contributed by atoms with van der Waals surface area (Å²) >= 11 is 0. The molecule has 1 atom stereocenters. The first-order chi connectivity index (χ1) is 8.04. The van der Waals surface area contributed by atoms with Crippen molar-refractivity contribution in [3.8, 4) is 0 Å². The van der Waals surface area contributed by atoms with Gasteiger partial charge in [-0.25, -0.2) is 4.68 Å². The molecule has 2 aromatic rings. The van der Waals surface area contributed by atoms with Crippen LogP contribution in [0.25, 0.3) is 0 Å². The lowest BCUT2D eigenvalue weighted by molar-refractivity contribution is 0.648. The summed E-state index contributed by atoms with van der Waals surface area (Å²) < 4.78 is 1.83. The van der Waals surface area contributed by atoms with Crippen LogP contribution >= 0.6 is 0 Å². The average Bonchev–Trinajstić information content (AvgIpc) is 2.64. The highest BCUT2D eigenvalue weighted by Gasteiger charge is 2.05. The van der Waals surface area contributed by atoms with Crippen molar-refractivity contribution >= 4 is 0 Å². The van der Waals surface area contributed by atoms with E-state index in [1.165, 1.54) is 16.7 Å². The molecule has 17 heavy (non-hydrogen) atoms. The van der Waals surface area contributed by atoms with Gasteiger partial charge in [-0.3, -0.25) is 0 Å². The predicted octanol–water partition coefficient (Wildman–Crippen LogP) is 1.96. The van der Waals surface area contributed by atoms with Gasteiger partial charge in [0.05, 0.1) is 18.4 Å². The smallest absolute Gasteiger partial charge is 0.0991 e. The fourth-order valence-electron chi connectivity index (χ4n) is 1.95. The monoisotopic (exact) mass is 230 g/mol. The van der Waals surface area contributed by atoms with Crippen LogP contribution in [0.15, 0.2) is 24.4 Å². The zero-order valence-electron chi connectivity index (χ0n) is 10.5. The van der Waals surface area contributed by atoms with Gasteiger partial charge in [-0.15, -0.1) is 5.10 Å². The van der Waals surface area contributed by atoms with Crippen LogP contribution in [0.5, 0.6) is 0 Å². The van der Waals surface area contributed by atoms with E-state index >= 15 is 0 Å². The van der Waals surface area contributed by atoms with Crippen LogP contribution in [-0.4, -0.2) is 15.0 Å². The molecule has 4 nitrogen and oxygen atoms in total. The third kappa shape index (κ3) is 2.91. The average molecular weight is 230 g/mol. The SMILES string of the molecule is Cc1cc(C)cc(Cn2cc(C(C)N)nn2)c1. The third-order valence-electron chi connectivity index (χ3n) is 2.65. The van der Waals surface area contributed by atoms with Crippen LogP contribution < -0.4 is 5.73 Å². The molecule has 1 aromatic heterocycles. The van der Waals surface area contributed by atoms with Crippen LogP contribution in [0.2, 0.25) is 0 Å². The normalized spacial score (nSPS) is 12.7. The van der Waals surface area contributed by atoms with Crippen molar-refractivity contribution in [1.29, 1.82) is 0 Å².